The Morgan fingerprint density at radius 2 is 2.06 bits per heavy atom. The number of aliphatic hydroxyl groups excluding tert-OH is 1. The Morgan fingerprint density at radius 3 is 2.71 bits per heavy atom. The van der Waals surface area contributed by atoms with Crippen LogP contribution in [-0.4, -0.2) is 68.2 Å². The lowest BCUT2D eigenvalue weighted by Crippen LogP contribution is -2.49. The highest BCUT2D eigenvalue weighted by molar-refractivity contribution is 7.89. The van der Waals surface area contributed by atoms with E-state index in [1.165, 1.54) is 22.7 Å². The second-order valence-electron chi connectivity index (χ2n) is 9.69. The fraction of sp³-hybridized carbons (Fsp3) is 0.667. The summed E-state index contributed by atoms with van der Waals surface area (Å²) in [6.45, 7) is 5.75. The molecule has 1 N–H and O–H groups in total. The number of sulfonamides is 1. The van der Waals surface area contributed by atoms with Crippen LogP contribution in [0.2, 0.25) is 0 Å². The van der Waals surface area contributed by atoms with E-state index in [4.69, 9.17) is 4.74 Å². The topological polar surface area (TPSA) is 70.1 Å². The molecular weight excluding hydrogens is 412 g/mol. The van der Waals surface area contributed by atoms with Crippen LogP contribution in [0.4, 0.5) is 0 Å². The smallest absolute Gasteiger partial charge is 0.247 e. The first-order valence-corrected chi connectivity index (χ1v) is 13.0. The van der Waals surface area contributed by atoms with E-state index in [1.807, 2.05) is 12.1 Å². The first-order valence-electron chi connectivity index (χ1n) is 11.6. The molecule has 0 amide bonds. The minimum Gasteiger partial charge on any atom is -0.487 e. The van der Waals surface area contributed by atoms with Crippen molar-refractivity contribution in [2.75, 3.05) is 33.3 Å². The van der Waals surface area contributed by atoms with Crippen molar-refractivity contribution >= 4 is 15.6 Å². The van der Waals surface area contributed by atoms with E-state index in [1.54, 1.807) is 13.0 Å². The van der Waals surface area contributed by atoms with Gasteiger partial charge >= 0.3 is 0 Å². The zero-order valence-electron chi connectivity index (χ0n) is 19.0. The lowest BCUT2D eigenvalue weighted by molar-refractivity contribution is 0.0740. The van der Waals surface area contributed by atoms with Gasteiger partial charge in [0.15, 0.2) is 0 Å². The number of rotatable bonds is 7. The predicted molar refractivity (Wildman–Crippen MR) is 123 cm³/mol. The van der Waals surface area contributed by atoms with Gasteiger partial charge in [0.2, 0.25) is 10.0 Å². The van der Waals surface area contributed by atoms with Crippen molar-refractivity contribution in [2.24, 2.45) is 11.8 Å². The SMILES string of the molecule is C[C@@H]1CN([C@H](C)CO)S(=O)(=O)c2ccc(C3=CCCC3)cc2O[C@@H]1CN(C)CC1CC1. The Bertz CT molecular complexity index is 926. The van der Waals surface area contributed by atoms with Gasteiger partial charge in [-0.25, -0.2) is 8.42 Å². The van der Waals surface area contributed by atoms with Crippen LogP contribution in [0.25, 0.3) is 5.57 Å². The lowest BCUT2D eigenvalue weighted by atomic mass is 10.0. The maximum absolute atomic E-state index is 13.5. The molecule has 4 rings (SSSR count). The molecule has 0 unspecified atom stereocenters. The van der Waals surface area contributed by atoms with Crippen LogP contribution in [-0.2, 0) is 10.0 Å². The summed E-state index contributed by atoms with van der Waals surface area (Å²) in [6, 6.07) is 5.02. The molecule has 7 heteroatoms. The van der Waals surface area contributed by atoms with E-state index >= 15 is 0 Å². The third kappa shape index (κ3) is 5.00. The summed E-state index contributed by atoms with van der Waals surface area (Å²) < 4.78 is 35.0. The molecule has 3 aliphatic rings. The van der Waals surface area contributed by atoms with Gasteiger partial charge in [-0.15, -0.1) is 0 Å². The predicted octanol–water partition coefficient (Wildman–Crippen LogP) is 3.36. The number of allylic oxidation sites excluding steroid dienone is 2. The van der Waals surface area contributed by atoms with Crippen LogP contribution < -0.4 is 4.74 Å². The highest BCUT2D eigenvalue weighted by Crippen LogP contribution is 2.37. The summed E-state index contributed by atoms with van der Waals surface area (Å²) >= 11 is 0. The van der Waals surface area contributed by atoms with Crippen molar-refractivity contribution in [2.45, 2.75) is 63.0 Å². The average Bonchev–Trinajstić information content (AvgIpc) is 3.37. The van der Waals surface area contributed by atoms with E-state index in [9.17, 15) is 13.5 Å². The lowest BCUT2D eigenvalue weighted by Gasteiger charge is -2.37. The van der Waals surface area contributed by atoms with Gasteiger partial charge in [-0.1, -0.05) is 19.1 Å². The summed E-state index contributed by atoms with van der Waals surface area (Å²) in [6.07, 6.45) is 7.93. The van der Waals surface area contributed by atoms with Gasteiger partial charge in [0.1, 0.15) is 16.7 Å². The normalized spacial score (nSPS) is 27.2. The zero-order valence-corrected chi connectivity index (χ0v) is 19.8. The van der Waals surface area contributed by atoms with Gasteiger partial charge in [0.05, 0.1) is 6.61 Å². The number of hydrogen-bond acceptors (Lipinski definition) is 5. The summed E-state index contributed by atoms with van der Waals surface area (Å²) in [5.41, 5.74) is 2.31. The van der Waals surface area contributed by atoms with Crippen molar-refractivity contribution in [1.29, 1.82) is 0 Å². The van der Waals surface area contributed by atoms with Crippen molar-refractivity contribution < 1.29 is 18.3 Å². The van der Waals surface area contributed by atoms with E-state index in [-0.39, 0.29) is 23.5 Å². The highest BCUT2D eigenvalue weighted by atomic mass is 32.2. The molecule has 0 saturated heterocycles. The van der Waals surface area contributed by atoms with Gasteiger partial charge in [0.25, 0.3) is 0 Å². The largest absolute Gasteiger partial charge is 0.487 e. The standard InChI is InChI=1S/C24H36N2O4S/c1-17-13-26(18(2)16-27)31(28,29)24-11-10-21(20-6-4-5-7-20)12-22(24)30-23(17)15-25(3)14-19-8-9-19/h6,10-12,17-19,23,27H,4-5,7-9,13-16H2,1-3H3/t17-,18-,23-/m1/s1. The maximum atomic E-state index is 13.5. The average molecular weight is 449 g/mol. The second-order valence-corrected chi connectivity index (χ2v) is 11.5. The fourth-order valence-electron chi connectivity index (χ4n) is 4.70. The molecule has 0 aromatic heterocycles. The van der Waals surface area contributed by atoms with Crippen LogP contribution in [0.15, 0.2) is 29.2 Å². The Hall–Kier alpha value is -1.41. The van der Waals surface area contributed by atoms with Crippen molar-refractivity contribution in [1.82, 2.24) is 9.21 Å². The Balaban J connectivity index is 1.71. The number of likely N-dealkylation sites (N-methyl/N-ethyl adjacent to an activating group) is 1. The van der Waals surface area contributed by atoms with Crippen LogP contribution in [0.1, 0.15) is 51.5 Å². The quantitative estimate of drug-likeness (QED) is 0.693. The molecule has 2 aliphatic carbocycles. The molecule has 1 aliphatic heterocycles. The molecule has 1 heterocycles. The first-order chi connectivity index (χ1) is 14.8. The van der Waals surface area contributed by atoms with Gasteiger partial charge in [-0.05, 0) is 75.3 Å². The monoisotopic (exact) mass is 448 g/mol. The fourth-order valence-corrected chi connectivity index (χ4v) is 6.52. The van der Waals surface area contributed by atoms with Gasteiger partial charge in [-0.3, -0.25) is 0 Å². The van der Waals surface area contributed by atoms with Gasteiger partial charge < -0.3 is 14.7 Å². The summed E-state index contributed by atoms with van der Waals surface area (Å²) in [4.78, 5) is 2.52. The van der Waals surface area contributed by atoms with Crippen molar-refractivity contribution in [3.63, 3.8) is 0 Å². The molecule has 1 fully saturated rings. The number of hydrogen-bond donors (Lipinski definition) is 1. The number of nitrogens with zero attached hydrogens (tertiary/aromatic N) is 2. The van der Waals surface area contributed by atoms with E-state index in [2.05, 4.69) is 24.9 Å². The van der Waals surface area contributed by atoms with Crippen molar-refractivity contribution in [3.8, 4) is 5.75 Å². The third-order valence-electron chi connectivity index (χ3n) is 6.84. The van der Waals surface area contributed by atoms with Crippen LogP contribution in [0, 0.1) is 11.8 Å². The van der Waals surface area contributed by atoms with Crippen molar-refractivity contribution in [3.05, 3.63) is 29.8 Å². The minimum atomic E-state index is -3.77. The van der Waals surface area contributed by atoms with Gasteiger partial charge in [-0.2, -0.15) is 4.31 Å². The Morgan fingerprint density at radius 1 is 1.29 bits per heavy atom. The molecule has 1 aromatic carbocycles. The number of ether oxygens (including phenoxy) is 1. The Kier molecular flexibility index (Phi) is 6.77. The summed E-state index contributed by atoms with van der Waals surface area (Å²) in [7, 11) is -1.65. The number of aliphatic hydroxyl groups is 1. The number of fused-ring (bicyclic) bond motifs is 1. The molecule has 0 radical (unpaired) electrons. The Labute approximate surface area is 186 Å². The van der Waals surface area contributed by atoms with Crippen LogP contribution in [0.5, 0.6) is 5.75 Å². The van der Waals surface area contributed by atoms with E-state index in [0.717, 1.165) is 43.8 Å². The molecule has 0 bridgehead atoms. The molecule has 172 valence electrons. The van der Waals surface area contributed by atoms with Crippen LogP contribution >= 0.6 is 0 Å². The molecule has 3 atom stereocenters. The molecular formula is C24H36N2O4S. The zero-order chi connectivity index (χ0) is 22.2. The minimum absolute atomic E-state index is 0.00655. The first kappa shape index (κ1) is 22.8. The van der Waals surface area contributed by atoms with E-state index in [0.29, 0.717) is 12.3 Å². The van der Waals surface area contributed by atoms with Gasteiger partial charge in [0, 0.05) is 31.6 Å². The summed E-state index contributed by atoms with van der Waals surface area (Å²) in [5.74, 6) is 1.22. The summed E-state index contributed by atoms with van der Waals surface area (Å²) in [5, 5.41) is 9.77. The molecule has 1 aromatic rings. The number of benzene rings is 1. The van der Waals surface area contributed by atoms with Crippen LogP contribution in [0.3, 0.4) is 0 Å². The molecule has 6 nitrogen and oxygen atoms in total. The van der Waals surface area contributed by atoms with E-state index < -0.39 is 16.1 Å². The molecule has 0 spiro atoms. The molecule has 31 heavy (non-hydrogen) atoms. The second kappa shape index (κ2) is 9.22. The third-order valence-corrected chi connectivity index (χ3v) is 8.86. The molecule has 1 saturated carbocycles. The maximum Gasteiger partial charge on any atom is 0.247 e. The highest BCUT2D eigenvalue weighted by Gasteiger charge is 2.38.